The molecule has 3 aromatic rings. The number of likely N-dealkylation sites (N-methyl/N-ethyl adjacent to an activating group) is 1. The van der Waals surface area contributed by atoms with Crippen LogP contribution in [0.4, 0.5) is 11.9 Å². The maximum absolute atomic E-state index is 6.06. The Hall–Kier alpha value is -2.55. The van der Waals surface area contributed by atoms with Crippen molar-refractivity contribution in [1.29, 1.82) is 0 Å². The van der Waals surface area contributed by atoms with Gasteiger partial charge in [0, 0.05) is 44.6 Å². The molecule has 0 saturated carbocycles. The van der Waals surface area contributed by atoms with Crippen molar-refractivity contribution in [2.75, 3.05) is 32.6 Å². The lowest BCUT2D eigenvalue weighted by molar-refractivity contribution is 0.0866. The van der Waals surface area contributed by atoms with Crippen molar-refractivity contribution >= 4 is 20.0 Å². The van der Waals surface area contributed by atoms with Crippen LogP contribution in [0.1, 0.15) is 11.4 Å². The van der Waals surface area contributed by atoms with Crippen molar-refractivity contribution in [3.63, 3.8) is 0 Å². The molecular formula is C24H36N6OSi. The minimum Gasteiger partial charge on any atom is -0.361 e. The summed E-state index contributed by atoms with van der Waals surface area (Å²) in [7, 11) is 3.02. The maximum atomic E-state index is 6.06. The van der Waals surface area contributed by atoms with Crippen LogP contribution in [0.15, 0.2) is 42.6 Å². The van der Waals surface area contributed by atoms with E-state index in [0.29, 0.717) is 18.6 Å². The number of ether oxygens (including phenoxy) is 1. The van der Waals surface area contributed by atoms with Gasteiger partial charge < -0.3 is 9.64 Å². The smallest absolute Gasteiger partial charge is 0.230 e. The van der Waals surface area contributed by atoms with Crippen LogP contribution in [0.3, 0.4) is 0 Å². The quantitative estimate of drug-likeness (QED) is 0.333. The first-order valence-corrected chi connectivity index (χ1v) is 14.9. The topological polar surface area (TPSA) is 68.1 Å². The van der Waals surface area contributed by atoms with Crippen LogP contribution in [-0.2, 0) is 17.9 Å². The van der Waals surface area contributed by atoms with Crippen LogP contribution in [0, 0.1) is 6.92 Å². The van der Waals surface area contributed by atoms with Crippen molar-refractivity contribution in [2.45, 2.75) is 45.8 Å². The van der Waals surface area contributed by atoms with Gasteiger partial charge in [-0.2, -0.15) is 0 Å². The lowest BCUT2D eigenvalue weighted by atomic mass is 10.1. The van der Waals surface area contributed by atoms with Gasteiger partial charge in [-0.25, -0.2) is 15.0 Å². The molecule has 0 aliphatic rings. The highest BCUT2D eigenvalue weighted by Gasteiger charge is 2.15. The van der Waals surface area contributed by atoms with Crippen LogP contribution >= 0.6 is 0 Å². The van der Waals surface area contributed by atoms with Gasteiger partial charge in [-0.3, -0.25) is 9.88 Å². The van der Waals surface area contributed by atoms with E-state index in [9.17, 15) is 0 Å². The van der Waals surface area contributed by atoms with Crippen LogP contribution < -0.4 is 5.32 Å². The summed E-state index contributed by atoms with van der Waals surface area (Å²) in [6.07, 6.45) is 2.81. The second kappa shape index (κ2) is 10.8. The molecule has 1 N–H and O–H groups in total. The van der Waals surface area contributed by atoms with Gasteiger partial charge in [0.15, 0.2) is 0 Å². The van der Waals surface area contributed by atoms with Crippen molar-refractivity contribution in [1.82, 2.24) is 24.4 Å². The molecule has 0 saturated heterocycles. The predicted molar refractivity (Wildman–Crippen MR) is 134 cm³/mol. The summed E-state index contributed by atoms with van der Waals surface area (Å²) in [5.41, 5.74) is 3.98. The fourth-order valence-electron chi connectivity index (χ4n) is 3.21. The standard InChI is InChI=1S/C24H36N6OSi/c1-19-16-22(20-10-8-7-9-11-20)27-23(26-19)28-24-25-17-21(12-13-29(2)3)30(24)18-31-14-15-32(4,5)6/h7-11,16-17H,12-15,18H2,1-6H3,(H,25,26,27,28). The van der Waals surface area contributed by atoms with Crippen molar-refractivity contribution in [3.8, 4) is 11.3 Å². The molecule has 0 bridgehead atoms. The molecule has 0 aliphatic heterocycles. The van der Waals surface area contributed by atoms with Gasteiger partial charge in [-0.1, -0.05) is 50.0 Å². The van der Waals surface area contributed by atoms with Gasteiger partial charge in [0.25, 0.3) is 0 Å². The number of nitrogens with one attached hydrogen (secondary N) is 1. The van der Waals surface area contributed by atoms with E-state index in [2.05, 4.69) is 70.6 Å². The zero-order chi connectivity index (χ0) is 23.1. The number of benzene rings is 1. The molecule has 8 heteroatoms. The van der Waals surface area contributed by atoms with Gasteiger partial charge in [0.1, 0.15) is 6.73 Å². The van der Waals surface area contributed by atoms with Crippen LogP contribution in [0.5, 0.6) is 0 Å². The zero-order valence-electron chi connectivity index (χ0n) is 20.2. The van der Waals surface area contributed by atoms with Crippen LogP contribution in [-0.4, -0.2) is 59.7 Å². The monoisotopic (exact) mass is 452 g/mol. The number of hydrogen-bond acceptors (Lipinski definition) is 6. The fourth-order valence-corrected chi connectivity index (χ4v) is 3.96. The number of aryl methyl sites for hydroxylation is 1. The van der Waals surface area contributed by atoms with E-state index in [0.717, 1.165) is 48.3 Å². The van der Waals surface area contributed by atoms with Gasteiger partial charge in [0.2, 0.25) is 11.9 Å². The SMILES string of the molecule is Cc1cc(-c2ccccc2)nc(Nc2ncc(CCN(C)C)n2COCC[Si](C)(C)C)n1. The number of rotatable bonds is 11. The molecule has 0 fully saturated rings. The third-order valence-corrected chi connectivity index (χ3v) is 6.82. The Balaban J connectivity index is 1.81. The highest BCUT2D eigenvalue weighted by Crippen LogP contribution is 2.21. The Morgan fingerprint density at radius 2 is 1.84 bits per heavy atom. The molecule has 32 heavy (non-hydrogen) atoms. The molecule has 0 unspecified atom stereocenters. The number of anilines is 2. The minimum atomic E-state index is -1.13. The lowest BCUT2D eigenvalue weighted by Crippen LogP contribution is -2.22. The molecule has 0 aliphatic carbocycles. The van der Waals surface area contributed by atoms with Crippen LogP contribution in [0.2, 0.25) is 25.7 Å². The largest absolute Gasteiger partial charge is 0.361 e. The van der Waals surface area contributed by atoms with E-state index in [-0.39, 0.29) is 0 Å². The Bertz CT molecular complexity index is 997. The molecule has 2 aromatic heterocycles. The Labute approximate surface area is 192 Å². The van der Waals surface area contributed by atoms with E-state index < -0.39 is 8.07 Å². The molecule has 7 nitrogen and oxygen atoms in total. The summed E-state index contributed by atoms with van der Waals surface area (Å²) in [5, 5.41) is 3.33. The zero-order valence-corrected chi connectivity index (χ0v) is 21.2. The average Bonchev–Trinajstić information content (AvgIpc) is 3.10. The maximum Gasteiger partial charge on any atom is 0.230 e. The first kappa shape index (κ1) is 24.1. The second-order valence-electron chi connectivity index (χ2n) is 9.61. The van der Waals surface area contributed by atoms with Crippen molar-refractivity contribution < 1.29 is 4.74 Å². The van der Waals surface area contributed by atoms with Crippen LogP contribution in [0.25, 0.3) is 11.3 Å². The number of nitrogens with zero attached hydrogens (tertiary/aromatic N) is 5. The molecule has 1 aromatic carbocycles. The highest BCUT2D eigenvalue weighted by molar-refractivity contribution is 6.76. The molecule has 3 rings (SSSR count). The summed E-state index contributed by atoms with van der Waals surface area (Å²) in [6.45, 7) is 11.2. The van der Waals surface area contributed by atoms with Gasteiger partial charge in [0.05, 0.1) is 11.9 Å². The third-order valence-electron chi connectivity index (χ3n) is 5.12. The first-order valence-electron chi connectivity index (χ1n) is 11.2. The summed E-state index contributed by atoms with van der Waals surface area (Å²) in [4.78, 5) is 16.1. The summed E-state index contributed by atoms with van der Waals surface area (Å²) >= 11 is 0. The Morgan fingerprint density at radius 3 is 2.53 bits per heavy atom. The minimum absolute atomic E-state index is 0.465. The van der Waals surface area contributed by atoms with Crippen molar-refractivity contribution in [2.24, 2.45) is 0 Å². The van der Waals surface area contributed by atoms with E-state index in [1.165, 1.54) is 0 Å². The average molecular weight is 453 g/mol. The van der Waals surface area contributed by atoms with Gasteiger partial charge in [-0.05, 0) is 33.1 Å². The highest BCUT2D eigenvalue weighted by atomic mass is 28.3. The second-order valence-corrected chi connectivity index (χ2v) is 15.2. The van der Waals surface area contributed by atoms with E-state index in [4.69, 9.17) is 9.72 Å². The molecule has 172 valence electrons. The van der Waals surface area contributed by atoms with E-state index in [1.54, 1.807) is 0 Å². The summed E-state index contributed by atoms with van der Waals surface area (Å²) in [5.74, 6) is 1.24. The van der Waals surface area contributed by atoms with E-state index in [1.807, 2.05) is 37.4 Å². The third kappa shape index (κ3) is 7.25. The molecule has 2 heterocycles. The number of hydrogen-bond donors (Lipinski definition) is 1. The Morgan fingerprint density at radius 1 is 1.09 bits per heavy atom. The number of imidazole rings is 1. The molecule has 0 amide bonds. The van der Waals surface area contributed by atoms with Crippen molar-refractivity contribution in [3.05, 3.63) is 54.0 Å². The van der Waals surface area contributed by atoms with Gasteiger partial charge in [-0.15, -0.1) is 0 Å². The molecule has 0 spiro atoms. The van der Waals surface area contributed by atoms with E-state index >= 15 is 0 Å². The summed E-state index contributed by atoms with van der Waals surface area (Å²) < 4.78 is 8.16. The van der Waals surface area contributed by atoms with Gasteiger partial charge >= 0.3 is 0 Å². The fraction of sp³-hybridized carbons (Fsp3) is 0.458. The molecule has 0 atom stereocenters. The Kier molecular flexibility index (Phi) is 8.17. The lowest BCUT2D eigenvalue weighted by Gasteiger charge is -2.18. The summed E-state index contributed by atoms with van der Waals surface area (Å²) in [6, 6.07) is 13.3. The predicted octanol–water partition coefficient (Wildman–Crippen LogP) is 4.81. The molecular weight excluding hydrogens is 416 g/mol. The number of aromatic nitrogens is 4. The first-order chi connectivity index (χ1) is 15.2. The normalized spacial score (nSPS) is 11.8. The molecule has 0 radical (unpaired) electrons.